The van der Waals surface area contributed by atoms with Crippen molar-refractivity contribution in [1.82, 2.24) is 0 Å². The van der Waals surface area contributed by atoms with Crippen molar-refractivity contribution in [3.05, 3.63) is 45.5 Å². The van der Waals surface area contributed by atoms with Crippen molar-refractivity contribution in [2.24, 2.45) is 0 Å². The van der Waals surface area contributed by atoms with Gasteiger partial charge in [-0.2, -0.15) is 0 Å². The van der Waals surface area contributed by atoms with Crippen molar-refractivity contribution >= 4 is 17.7 Å². The van der Waals surface area contributed by atoms with Gasteiger partial charge in [-0.15, -0.1) is 0 Å². The maximum atomic E-state index is 10.6. The van der Waals surface area contributed by atoms with E-state index in [0.717, 1.165) is 0 Å². The minimum absolute atomic E-state index is 0.0595. The number of hydrogen-bond donors (Lipinski definition) is 1. The van der Waals surface area contributed by atoms with Gasteiger partial charge in [0.2, 0.25) is 0 Å². The molecule has 0 fully saturated rings. The second-order valence-electron chi connectivity index (χ2n) is 2.95. The maximum absolute atomic E-state index is 10.6. The van der Waals surface area contributed by atoms with Gasteiger partial charge in [0, 0.05) is 11.6 Å². The van der Waals surface area contributed by atoms with Crippen LogP contribution in [0, 0.1) is 10.1 Å². The summed E-state index contributed by atoms with van der Waals surface area (Å²) in [6, 6.07) is 5.99. The van der Waals surface area contributed by atoms with E-state index in [1.807, 2.05) is 0 Å². The summed E-state index contributed by atoms with van der Waals surface area (Å²) in [7, 11) is 0. The molecule has 1 rings (SSSR count). The first kappa shape index (κ1) is 10.9. The van der Waals surface area contributed by atoms with Gasteiger partial charge in [0.05, 0.1) is 10.5 Å². The monoisotopic (exact) mass is 207 g/mol. The van der Waals surface area contributed by atoms with E-state index in [9.17, 15) is 14.9 Å². The Hall–Kier alpha value is -2.17. The summed E-state index contributed by atoms with van der Waals surface area (Å²) < 4.78 is 0. The predicted molar refractivity (Wildman–Crippen MR) is 54.4 cm³/mol. The molecule has 78 valence electrons. The highest BCUT2D eigenvalue weighted by Gasteiger charge is 2.11. The number of rotatable bonds is 3. The lowest BCUT2D eigenvalue weighted by molar-refractivity contribution is -0.385. The zero-order valence-electron chi connectivity index (χ0n) is 8.01. The Morgan fingerprint density at radius 3 is 2.60 bits per heavy atom. The van der Waals surface area contributed by atoms with Gasteiger partial charge in [-0.1, -0.05) is 12.1 Å². The lowest BCUT2D eigenvalue weighted by Gasteiger charge is -1.97. The number of carboxylic acids is 1. The summed E-state index contributed by atoms with van der Waals surface area (Å²) in [6.07, 6.45) is 1.28. The van der Waals surface area contributed by atoms with Crippen LogP contribution in [-0.2, 0) is 4.79 Å². The maximum Gasteiger partial charge on any atom is 0.331 e. The van der Waals surface area contributed by atoms with Gasteiger partial charge in [0.1, 0.15) is 0 Å². The molecule has 0 spiro atoms. The number of carboxylic acid groups (broad SMARTS) is 1. The van der Waals surface area contributed by atoms with Crippen LogP contribution >= 0.6 is 0 Å². The third-order valence-corrected chi connectivity index (χ3v) is 1.84. The lowest BCUT2D eigenvalue weighted by Crippen LogP contribution is -1.97. The molecule has 0 unspecified atom stereocenters. The van der Waals surface area contributed by atoms with E-state index in [0.29, 0.717) is 5.56 Å². The number of aliphatic carboxylic acids is 1. The van der Waals surface area contributed by atoms with E-state index in [-0.39, 0.29) is 11.3 Å². The van der Waals surface area contributed by atoms with E-state index in [1.54, 1.807) is 6.07 Å². The third kappa shape index (κ3) is 2.63. The van der Waals surface area contributed by atoms with Crippen molar-refractivity contribution in [2.45, 2.75) is 6.92 Å². The average Bonchev–Trinajstić information content (AvgIpc) is 2.18. The van der Waals surface area contributed by atoms with Crippen molar-refractivity contribution < 1.29 is 14.8 Å². The van der Waals surface area contributed by atoms with Gasteiger partial charge in [0.25, 0.3) is 5.69 Å². The first-order chi connectivity index (χ1) is 7.02. The molecule has 5 nitrogen and oxygen atoms in total. The second-order valence-corrected chi connectivity index (χ2v) is 2.95. The Morgan fingerprint density at radius 1 is 1.47 bits per heavy atom. The number of hydrogen-bond acceptors (Lipinski definition) is 3. The molecule has 1 aromatic carbocycles. The molecule has 15 heavy (non-hydrogen) atoms. The molecule has 0 heterocycles. The molecule has 0 saturated heterocycles. The van der Waals surface area contributed by atoms with Gasteiger partial charge < -0.3 is 5.11 Å². The highest BCUT2D eigenvalue weighted by molar-refractivity contribution is 5.92. The summed E-state index contributed by atoms with van der Waals surface area (Å²) in [5, 5.41) is 19.2. The van der Waals surface area contributed by atoms with Crippen molar-refractivity contribution in [3.8, 4) is 0 Å². The van der Waals surface area contributed by atoms with Crippen LogP contribution in [0.1, 0.15) is 12.5 Å². The fourth-order valence-electron chi connectivity index (χ4n) is 1.07. The number of para-hydroxylation sites is 1. The van der Waals surface area contributed by atoms with Crippen LogP contribution in [0.15, 0.2) is 29.8 Å². The van der Waals surface area contributed by atoms with E-state index < -0.39 is 10.9 Å². The molecule has 1 aromatic rings. The van der Waals surface area contributed by atoms with Crippen molar-refractivity contribution in [2.75, 3.05) is 0 Å². The Kier molecular flexibility index (Phi) is 3.17. The summed E-state index contributed by atoms with van der Waals surface area (Å²) in [4.78, 5) is 20.6. The molecule has 0 bridgehead atoms. The number of benzene rings is 1. The highest BCUT2D eigenvalue weighted by atomic mass is 16.6. The van der Waals surface area contributed by atoms with Crippen LogP contribution in [0.4, 0.5) is 5.69 Å². The summed E-state index contributed by atoms with van der Waals surface area (Å²) in [6.45, 7) is 1.39. The Bertz CT molecular complexity index is 437. The molecule has 0 aliphatic carbocycles. The molecule has 0 aromatic heterocycles. The molecule has 0 aliphatic heterocycles. The van der Waals surface area contributed by atoms with Crippen LogP contribution in [0.25, 0.3) is 6.08 Å². The second kappa shape index (κ2) is 4.36. The molecular formula is C10H9NO4. The summed E-state index contributed by atoms with van der Waals surface area (Å²) >= 11 is 0. The average molecular weight is 207 g/mol. The molecule has 0 radical (unpaired) electrons. The van der Waals surface area contributed by atoms with Gasteiger partial charge in [-0.3, -0.25) is 10.1 Å². The Balaban J connectivity index is 3.20. The van der Waals surface area contributed by atoms with E-state index in [1.165, 1.54) is 31.2 Å². The Labute approximate surface area is 85.8 Å². The quantitative estimate of drug-likeness (QED) is 0.467. The van der Waals surface area contributed by atoms with Gasteiger partial charge >= 0.3 is 5.97 Å². The van der Waals surface area contributed by atoms with Crippen molar-refractivity contribution in [1.29, 1.82) is 0 Å². The SMILES string of the molecule is C/C(=C\c1ccccc1[N+](=O)[O-])C(=O)O. The van der Waals surface area contributed by atoms with Crippen LogP contribution in [0.2, 0.25) is 0 Å². The largest absolute Gasteiger partial charge is 0.478 e. The number of carbonyl (C=O) groups is 1. The van der Waals surface area contributed by atoms with Crippen molar-refractivity contribution in [3.63, 3.8) is 0 Å². The molecule has 1 N–H and O–H groups in total. The normalized spacial score (nSPS) is 11.1. The number of nitro groups is 1. The molecule has 0 saturated carbocycles. The number of nitrogens with zero attached hydrogens (tertiary/aromatic N) is 1. The molecule has 0 amide bonds. The number of nitro benzene ring substituents is 1. The van der Waals surface area contributed by atoms with Gasteiger partial charge in [0.15, 0.2) is 0 Å². The van der Waals surface area contributed by atoms with Gasteiger partial charge in [-0.25, -0.2) is 4.79 Å². The lowest BCUT2D eigenvalue weighted by atomic mass is 10.1. The molecular weight excluding hydrogens is 198 g/mol. The van der Waals surface area contributed by atoms with E-state index in [2.05, 4.69) is 0 Å². The van der Waals surface area contributed by atoms with E-state index in [4.69, 9.17) is 5.11 Å². The fraction of sp³-hybridized carbons (Fsp3) is 0.100. The summed E-state index contributed by atoms with van der Waals surface area (Å²) in [5.74, 6) is -1.09. The highest BCUT2D eigenvalue weighted by Crippen LogP contribution is 2.20. The van der Waals surface area contributed by atoms with E-state index >= 15 is 0 Å². The summed E-state index contributed by atoms with van der Waals surface area (Å²) in [5.41, 5.74) is 0.254. The topological polar surface area (TPSA) is 80.4 Å². The third-order valence-electron chi connectivity index (χ3n) is 1.84. The van der Waals surface area contributed by atoms with Gasteiger partial charge in [-0.05, 0) is 19.1 Å². The minimum Gasteiger partial charge on any atom is -0.478 e. The minimum atomic E-state index is -1.09. The standard InChI is InChI=1S/C10H9NO4/c1-7(10(12)13)6-8-4-2-3-5-9(8)11(14)15/h2-6H,1H3,(H,12,13)/b7-6+. The molecule has 5 heteroatoms. The van der Waals surface area contributed by atoms with Crippen LogP contribution in [-0.4, -0.2) is 16.0 Å². The van der Waals surface area contributed by atoms with Crippen LogP contribution in [0.5, 0.6) is 0 Å². The fourth-order valence-corrected chi connectivity index (χ4v) is 1.07. The predicted octanol–water partition coefficient (Wildman–Crippen LogP) is 2.08. The molecule has 0 atom stereocenters. The zero-order chi connectivity index (χ0) is 11.4. The first-order valence-electron chi connectivity index (χ1n) is 4.17. The first-order valence-corrected chi connectivity index (χ1v) is 4.17. The molecule has 0 aliphatic rings. The Morgan fingerprint density at radius 2 is 2.07 bits per heavy atom. The van der Waals surface area contributed by atoms with Crippen LogP contribution < -0.4 is 0 Å². The van der Waals surface area contributed by atoms with Crippen LogP contribution in [0.3, 0.4) is 0 Å². The smallest absolute Gasteiger partial charge is 0.331 e. The zero-order valence-corrected chi connectivity index (χ0v) is 8.01.